The van der Waals surface area contributed by atoms with Crippen LogP contribution < -0.4 is 5.32 Å². The summed E-state index contributed by atoms with van der Waals surface area (Å²) in [4.78, 5) is 6.87. The van der Waals surface area contributed by atoms with Crippen LogP contribution in [0.1, 0.15) is 12.8 Å². The van der Waals surface area contributed by atoms with Gasteiger partial charge >= 0.3 is 0 Å². The van der Waals surface area contributed by atoms with Gasteiger partial charge < -0.3 is 10.2 Å². The van der Waals surface area contributed by atoms with Gasteiger partial charge in [0.2, 0.25) is 0 Å². The minimum absolute atomic E-state index is 0.824. The molecule has 2 rings (SSSR count). The summed E-state index contributed by atoms with van der Waals surface area (Å²) >= 11 is 1.87. The van der Waals surface area contributed by atoms with Crippen LogP contribution in [0.3, 0.4) is 0 Å². The topological polar surface area (TPSA) is 27.6 Å². The van der Waals surface area contributed by atoms with Gasteiger partial charge in [-0.1, -0.05) is 11.8 Å². The molecule has 1 atom stereocenters. The lowest BCUT2D eigenvalue weighted by atomic mass is 10.1. The second kappa shape index (κ2) is 5.03. The van der Waals surface area contributed by atoms with Crippen molar-refractivity contribution in [2.75, 3.05) is 39.0 Å². The average molecular weight is 213 g/mol. The fourth-order valence-electron chi connectivity index (χ4n) is 1.99. The van der Waals surface area contributed by atoms with Crippen LogP contribution in [-0.4, -0.2) is 49.0 Å². The van der Waals surface area contributed by atoms with E-state index in [0.717, 1.165) is 19.0 Å². The van der Waals surface area contributed by atoms with Gasteiger partial charge in [-0.3, -0.25) is 4.99 Å². The Labute approximate surface area is 90.3 Å². The first-order chi connectivity index (χ1) is 6.84. The molecule has 2 aliphatic heterocycles. The molecule has 0 aromatic carbocycles. The van der Waals surface area contributed by atoms with E-state index in [9.17, 15) is 0 Å². The summed E-state index contributed by atoms with van der Waals surface area (Å²) in [6, 6.07) is 0. The van der Waals surface area contributed by atoms with Crippen molar-refractivity contribution in [1.29, 1.82) is 0 Å². The Hall–Kier alpha value is -0.220. The first kappa shape index (κ1) is 10.3. The standard InChI is InChI=1S/C10H19N3S/c1-13-5-3-9(8-13)7-12-10-11-4-2-6-14-10/h9H,2-8H2,1H3,(H,11,12). The zero-order valence-corrected chi connectivity index (χ0v) is 9.65. The van der Waals surface area contributed by atoms with E-state index in [1.54, 1.807) is 0 Å². The van der Waals surface area contributed by atoms with Crippen LogP contribution in [0.2, 0.25) is 0 Å². The molecular weight excluding hydrogens is 194 g/mol. The van der Waals surface area contributed by atoms with Crippen LogP contribution >= 0.6 is 11.8 Å². The number of hydrogen-bond donors (Lipinski definition) is 1. The average Bonchev–Trinajstić information content (AvgIpc) is 2.63. The molecule has 1 N–H and O–H groups in total. The van der Waals surface area contributed by atoms with Crippen LogP contribution in [0.5, 0.6) is 0 Å². The molecule has 2 aliphatic rings. The van der Waals surface area contributed by atoms with E-state index in [2.05, 4.69) is 22.3 Å². The van der Waals surface area contributed by atoms with Crippen LogP contribution in [0.25, 0.3) is 0 Å². The van der Waals surface area contributed by atoms with Gasteiger partial charge in [-0.15, -0.1) is 0 Å². The summed E-state index contributed by atoms with van der Waals surface area (Å²) < 4.78 is 0. The molecule has 0 aromatic rings. The lowest BCUT2D eigenvalue weighted by Crippen LogP contribution is -2.30. The molecule has 1 saturated heterocycles. The molecule has 4 heteroatoms. The lowest BCUT2D eigenvalue weighted by Gasteiger charge is -2.16. The van der Waals surface area contributed by atoms with Crippen LogP contribution in [0.15, 0.2) is 4.99 Å². The first-order valence-electron chi connectivity index (χ1n) is 5.44. The minimum Gasteiger partial charge on any atom is -0.365 e. The maximum Gasteiger partial charge on any atom is 0.156 e. The van der Waals surface area contributed by atoms with Crippen molar-refractivity contribution < 1.29 is 0 Å². The number of nitrogens with one attached hydrogen (secondary N) is 1. The summed E-state index contributed by atoms with van der Waals surface area (Å²) in [5, 5.41) is 4.64. The fraction of sp³-hybridized carbons (Fsp3) is 0.900. The molecule has 3 nitrogen and oxygen atoms in total. The van der Waals surface area contributed by atoms with E-state index in [-0.39, 0.29) is 0 Å². The number of thioether (sulfide) groups is 1. The van der Waals surface area contributed by atoms with Gasteiger partial charge in [0.15, 0.2) is 5.17 Å². The van der Waals surface area contributed by atoms with Gasteiger partial charge in [-0.2, -0.15) is 0 Å². The molecule has 0 spiro atoms. The molecule has 0 aromatic heterocycles. The SMILES string of the molecule is CN1CCC(CNC2=NCCCS2)C1. The molecule has 0 saturated carbocycles. The number of rotatable bonds is 2. The van der Waals surface area contributed by atoms with Crippen LogP contribution in [0.4, 0.5) is 0 Å². The van der Waals surface area contributed by atoms with Crippen LogP contribution in [0, 0.1) is 5.92 Å². The summed E-state index contributed by atoms with van der Waals surface area (Å²) in [5.74, 6) is 2.06. The molecule has 1 unspecified atom stereocenters. The Bertz CT molecular complexity index is 217. The third-order valence-corrected chi connectivity index (χ3v) is 3.87. The summed E-state index contributed by atoms with van der Waals surface area (Å²) in [6.07, 6.45) is 2.57. The molecule has 80 valence electrons. The number of amidine groups is 1. The normalized spacial score (nSPS) is 28.9. The van der Waals surface area contributed by atoms with Crippen molar-refractivity contribution in [3.05, 3.63) is 0 Å². The lowest BCUT2D eigenvalue weighted by molar-refractivity contribution is 0.394. The zero-order valence-electron chi connectivity index (χ0n) is 8.83. The van der Waals surface area contributed by atoms with Crippen molar-refractivity contribution in [1.82, 2.24) is 10.2 Å². The molecule has 0 bridgehead atoms. The third-order valence-electron chi connectivity index (χ3n) is 2.83. The number of likely N-dealkylation sites (tertiary alicyclic amines) is 1. The van der Waals surface area contributed by atoms with Crippen molar-refractivity contribution in [2.45, 2.75) is 12.8 Å². The van der Waals surface area contributed by atoms with Crippen molar-refractivity contribution in [3.63, 3.8) is 0 Å². The maximum absolute atomic E-state index is 4.46. The quantitative estimate of drug-likeness (QED) is 0.742. The highest BCUT2D eigenvalue weighted by Crippen LogP contribution is 2.15. The summed E-state index contributed by atoms with van der Waals surface area (Å²) in [7, 11) is 2.20. The van der Waals surface area contributed by atoms with Gasteiger partial charge in [0.05, 0.1) is 0 Å². The fourth-order valence-corrected chi connectivity index (χ4v) is 2.83. The summed E-state index contributed by atoms with van der Waals surface area (Å²) in [6.45, 7) is 4.62. The third kappa shape index (κ3) is 2.89. The Kier molecular flexibility index (Phi) is 3.70. The molecule has 0 radical (unpaired) electrons. The number of hydrogen-bond acceptors (Lipinski definition) is 4. The molecule has 2 heterocycles. The number of aliphatic imine (C=N–C) groups is 1. The van der Waals surface area contributed by atoms with E-state index >= 15 is 0 Å². The Morgan fingerprint density at radius 3 is 3.21 bits per heavy atom. The monoisotopic (exact) mass is 213 g/mol. The predicted molar refractivity (Wildman–Crippen MR) is 63.0 cm³/mol. The predicted octanol–water partition coefficient (Wildman–Crippen LogP) is 1.02. The highest BCUT2D eigenvalue weighted by atomic mass is 32.2. The van der Waals surface area contributed by atoms with Crippen molar-refractivity contribution >= 4 is 16.9 Å². The first-order valence-corrected chi connectivity index (χ1v) is 6.43. The van der Waals surface area contributed by atoms with Gasteiger partial charge in [0, 0.05) is 25.4 Å². The second-order valence-electron chi connectivity index (χ2n) is 4.19. The van der Waals surface area contributed by atoms with E-state index in [1.807, 2.05) is 11.8 Å². The Balaban J connectivity index is 1.69. The second-order valence-corrected chi connectivity index (χ2v) is 5.27. The van der Waals surface area contributed by atoms with Gasteiger partial charge in [0.1, 0.15) is 0 Å². The van der Waals surface area contributed by atoms with Crippen molar-refractivity contribution in [3.8, 4) is 0 Å². The molecule has 1 fully saturated rings. The van der Waals surface area contributed by atoms with E-state index in [1.165, 1.54) is 36.9 Å². The van der Waals surface area contributed by atoms with Gasteiger partial charge in [-0.25, -0.2) is 0 Å². The molecular formula is C10H19N3S. The highest BCUT2D eigenvalue weighted by Gasteiger charge is 2.19. The molecule has 14 heavy (non-hydrogen) atoms. The molecule has 0 aliphatic carbocycles. The van der Waals surface area contributed by atoms with Gasteiger partial charge in [-0.05, 0) is 32.4 Å². The Morgan fingerprint density at radius 2 is 2.57 bits per heavy atom. The van der Waals surface area contributed by atoms with E-state index in [0.29, 0.717) is 0 Å². The maximum atomic E-state index is 4.46. The number of nitrogens with zero attached hydrogens (tertiary/aromatic N) is 2. The van der Waals surface area contributed by atoms with E-state index in [4.69, 9.17) is 0 Å². The van der Waals surface area contributed by atoms with Gasteiger partial charge in [0.25, 0.3) is 0 Å². The van der Waals surface area contributed by atoms with Crippen molar-refractivity contribution in [2.24, 2.45) is 10.9 Å². The van der Waals surface area contributed by atoms with Crippen LogP contribution in [-0.2, 0) is 0 Å². The summed E-state index contributed by atoms with van der Waals surface area (Å²) in [5.41, 5.74) is 0. The smallest absolute Gasteiger partial charge is 0.156 e. The largest absolute Gasteiger partial charge is 0.365 e. The van der Waals surface area contributed by atoms with E-state index < -0.39 is 0 Å². The minimum atomic E-state index is 0.824. The highest BCUT2D eigenvalue weighted by molar-refractivity contribution is 8.13. The molecule has 0 amide bonds. The zero-order chi connectivity index (χ0) is 9.80. The Morgan fingerprint density at radius 1 is 1.64 bits per heavy atom.